The van der Waals surface area contributed by atoms with E-state index in [9.17, 15) is 4.79 Å². The summed E-state index contributed by atoms with van der Waals surface area (Å²) in [7, 11) is 1.44. The van der Waals surface area contributed by atoms with Gasteiger partial charge in [-0.05, 0) is 44.4 Å². The van der Waals surface area contributed by atoms with Crippen LogP contribution >= 0.6 is 0 Å². The first-order chi connectivity index (χ1) is 8.08. The van der Waals surface area contributed by atoms with Crippen LogP contribution in [-0.2, 0) is 14.9 Å². The molecule has 0 aliphatic heterocycles. The number of hydrogen-bond acceptors (Lipinski definition) is 3. The number of rotatable bonds is 4. The molecule has 0 radical (unpaired) electrons. The Morgan fingerprint density at radius 3 is 2.24 bits per heavy atom. The zero-order valence-corrected chi connectivity index (χ0v) is 10.5. The van der Waals surface area contributed by atoms with E-state index >= 15 is 0 Å². The van der Waals surface area contributed by atoms with Gasteiger partial charge in [0.05, 0.1) is 18.6 Å². The van der Waals surface area contributed by atoms with Crippen LogP contribution < -0.4 is 4.74 Å². The summed E-state index contributed by atoms with van der Waals surface area (Å²) < 4.78 is 10.4. The monoisotopic (exact) mass is 234 g/mol. The highest BCUT2D eigenvalue weighted by Gasteiger charge is 2.52. The van der Waals surface area contributed by atoms with Gasteiger partial charge in [0.1, 0.15) is 5.75 Å². The van der Waals surface area contributed by atoms with Crippen molar-refractivity contribution in [1.29, 1.82) is 0 Å². The summed E-state index contributed by atoms with van der Waals surface area (Å²) in [6.07, 6.45) is 1.92. The molecule has 2 rings (SSSR count). The van der Waals surface area contributed by atoms with Crippen molar-refractivity contribution in [3.8, 4) is 5.75 Å². The van der Waals surface area contributed by atoms with E-state index in [4.69, 9.17) is 9.47 Å². The van der Waals surface area contributed by atoms with Gasteiger partial charge in [-0.15, -0.1) is 0 Å². The molecule has 3 heteroatoms. The van der Waals surface area contributed by atoms with Gasteiger partial charge in [0.15, 0.2) is 0 Å². The highest BCUT2D eigenvalue weighted by molar-refractivity contribution is 5.86. The summed E-state index contributed by atoms with van der Waals surface area (Å²) in [6.45, 7) is 3.98. The molecule has 0 unspecified atom stereocenters. The van der Waals surface area contributed by atoms with Crippen molar-refractivity contribution in [2.75, 3.05) is 7.11 Å². The van der Waals surface area contributed by atoms with Crippen LogP contribution in [-0.4, -0.2) is 19.2 Å². The van der Waals surface area contributed by atoms with Gasteiger partial charge >= 0.3 is 5.97 Å². The maximum atomic E-state index is 11.7. The summed E-state index contributed by atoms with van der Waals surface area (Å²) >= 11 is 0. The van der Waals surface area contributed by atoms with Crippen molar-refractivity contribution in [3.05, 3.63) is 29.8 Å². The number of benzene rings is 1. The number of carbonyl (C=O) groups excluding carboxylic acids is 1. The molecule has 92 valence electrons. The van der Waals surface area contributed by atoms with Crippen LogP contribution in [0.2, 0.25) is 0 Å². The maximum Gasteiger partial charge on any atom is 0.316 e. The summed E-state index contributed by atoms with van der Waals surface area (Å²) in [5.74, 6) is 0.708. The number of esters is 1. The molecule has 1 aromatic carbocycles. The average molecular weight is 234 g/mol. The van der Waals surface area contributed by atoms with Crippen LogP contribution in [0.25, 0.3) is 0 Å². The molecule has 1 aromatic rings. The van der Waals surface area contributed by atoms with Crippen LogP contribution in [0.5, 0.6) is 5.75 Å². The Morgan fingerprint density at radius 2 is 1.82 bits per heavy atom. The van der Waals surface area contributed by atoms with E-state index in [0.29, 0.717) is 0 Å². The molecule has 1 aliphatic carbocycles. The lowest BCUT2D eigenvalue weighted by Crippen LogP contribution is -2.21. The van der Waals surface area contributed by atoms with E-state index in [0.717, 1.165) is 24.2 Å². The van der Waals surface area contributed by atoms with Crippen molar-refractivity contribution in [2.45, 2.75) is 38.2 Å². The van der Waals surface area contributed by atoms with E-state index in [1.807, 2.05) is 38.1 Å². The third kappa shape index (κ3) is 2.28. The SMILES string of the molecule is COC(=O)C1(c2ccc(OC(C)C)cc2)CC1. The summed E-state index contributed by atoms with van der Waals surface area (Å²) in [6, 6.07) is 7.75. The van der Waals surface area contributed by atoms with E-state index < -0.39 is 0 Å². The third-order valence-electron chi connectivity index (χ3n) is 3.10. The normalized spacial score (nSPS) is 16.7. The van der Waals surface area contributed by atoms with Gasteiger partial charge < -0.3 is 9.47 Å². The van der Waals surface area contributed by atoms with E-state index in [1.54, 1.807) is 0 Å². The smallest absolute Gasteiger partial charge is 0.316 e. The molecule has 0 atom stereocenters. The van der Waals surface area contributed by atoms with Gasteiger partial charge in [0.2, 0.25) is 0 Å². The van der Waals surface area contributed by atoms with Crippen LogP contribution in [0.1, 0.15) is 32.3 Å². The Morgan fingerprint density at radius 1 is 1.24 bits per heavy atom. The Balaban J connectivity index is 2.16. The predicted molar refractivity (Wildman–Crippen MR) is 65.1 cm³/mol. The fraction of sp³-hybridized carbons (Fsp3) is 0.500. The van der Waals surface area contributed by atoms with Gasteiger partial charge in [-0.2, -0.15) is 0 Å². The molecule has 1 aliphatic rings. The van der Waals surface area contributed by atoms with E-state index in [2.05, 4.69) is 0 Å². The summed E-state index contributed by atoms with van der Waals surface area (Å²) in [5.41, 5.74) is 0.644. The lowest BCUT2D eigenvalue weighted by Gasteiger charge is -2.14. The van der Waals surface area contributed by atoms with Gasteiger partial charge in [-0.1, -0.05) is 12.1 Å². The number of ether oxygens (including phenoxy) is 2. The average Bonchev–Trinajstić information content (AvgIpc) is 3.09. The first kappa shape index (κ1) is 12.0. The molecule has 17 heavy (non-hydrogen) atoms. The van der Waals surface area contributed by atoms with Crippen molar-refractivity contribution in [3.63, 3.8) is 0 Å². The molecule has 0 spiro atoms. The fourth-order valence-corrected chi connectivity index (χ4v) is 2.06. The van der Waals surface area contributed by atoms with Gasteiger partial charge in [0, 0.05) is 0 Å². The molecule has 0 heterocycles. The Labute approximate surface area is 102 Å². The van der Waals surface area contributed by atoms with Crippen molar-refractivity contribution >= 4 is 5.97 Å². The number of hydrogen-bond donors (Lipinski definition) is 0. The Kier molecular flexibility index (Phi) is 3.09. The molecule has 0 N–H and O–H groups in total. The molecule has 3 nitrogen and oxygen atoms in total. The fourth-order valence-electron chi connectivity index (χ4n) is 2.06. The lowest BCUT2D eigenvalue weighted by molar-refractivity contribution is -0.143. The molecular weight excluding hydrogens is 216 g/mol. The first-order valence-corrected chi connectivity index (χ1v) is 5.94. The number of carbonyl (C=O) groups is 1. The van der Waals surface area contributed by atoms with Crippen LogP contribution in [0.15, 0.2) is 24.3 Å². The molecule has 0 amide bonds. The van der Waals surface area contributed by atoms with Crippen molar-refractivity contribution in [1.82, 2.24) is 0 Å². The predicted octanol–water partition coefficient (Wildman–Crippen LogP) is 2.68. The largest absolute Gasteiger partial charge is 0.491 e. The van der Waals surface area contributed by atoms with Crippen molar-refractivity contribution < 1.29 is 14.3 Å². The molecule has 0 bridgehead atoms. The zero-order valence-electron chi connectivity index (χ0n) is 10.5. The lowest BCUT2D eigenvalue weighted by atomic mass is 9.96. The minimum absolute atomic E-state index is 0.130. The minimum Gasteiger partial charge on any atom is -0.491 e. The highest BCUT2D eigenvalue weighted by Crippen LogP contribution is 2.49. The Bertz CT molecular complexity index is 402. The van der Waals surface area contributed by atoms with Gasteiger partial charge in [-0.3, -0.25) is 4.79 Å². The van der Waals surface area contributed by atoms with E-state index in [-0.39, 0.29) is 17.5 Å². The van der Waals surface area contributed by atoms with Crippen molar-refractivity contribution in [2.24, 2.45) is 0 Å². The van der Waals surface area contributed by atoms with Gasteiger partial charge in [-0.25, -0.2) is 0 Å². The van der Waals surface area contributed by atoms with Crippen LogP contribution in [0.4, 0.5) is 0 Å². The highest BCUT2D eigenvalue weighted by atomic mass is 16.5. The first-order valence-electron chi connectivity index (χ1n) is 5.94. The summed E-state index contributed by atoms with van der Waals surface area (Å²) in [5, 5.41) is 0. The quantitative estimate of drug-likeness (QED) is 0.751. The standard InChI is InChI=1S/C14H18O3/c1-10(2)17-12-6-4-11(5-7-12)14(8-9-14)13(15)16-3/h4-7,10H,8-9H2,1-3H3. The number of methoxy groups -OCH3 is 1. The second-order valence-corrected chi connectivity index (χ2v) is 4.76. The van der Waals surface area contributed by atoms with Gasteiger partial charge in [0.25, 0.3) is 0 Å². The molecule has 1 fully saturated rings. The molecule has 0 aromatic heterocycles. The van der Waals surface area contributed by atoms with Crippen LogP contribution in [0.3, 0.4) is 0 Å². The van der Waals surface area contributed by atoms with E-state index in [1.165, 1.54) is 7.11 Å². The second-order valence-electron chi connectivity index (χ2n) is 4.76. The molecular formula is C14H18O3. The molecule has 1 saturated carbocycles. The Hall–Kier alpha value is -1.51. The third-order valence-corrected chi connectivity index (χ3v) is 3.10. The second kappa shape index (κ2) is 4.40. The zero-order chi connectivity index (χ0) is 12.5. The summed E-state index contributed by atoms with van der Waals surface area (Å²) in [4.78, 5) is 11.7. The molecule has 0 saturated heterocycles. The van der Waals surface area contributed by atoms with Crippen LogP contribution in [0, 0.1) is 0 Å². The topological polar surface area (TPSA) is 35.5 Å². The minimum atomic E-state index is -0.384. The maximum absolute atomic E-state index is 11.7.